The van der Waals surface area contributed by atoms with Crippen LogP contribution in [0.2, 0.25) is 0 Å². The Morgan fingerprint density at radius 1 is 1.08 bits per heavy atom. The zero-order valence-corrected chi connectivity index (χ0v) is 17.6. The first-order valence-electron chi connectivity index (χ1n) is 8.46. The molecule has 0 aliphatic rings. The van der Waals surface area contributed by atoms with Crippen LogP contribution in [0.25, 0.3) is 0 Å². The maximum absolute atomic E-state index is 11.4. The number of amides is 2. The van der Waals surface area contributed by atoms with Gasteiger partial charge in [-0.1, -0.05) is 12.8 Å². The summed E-state index contributed by atoms with van der Waals surface area (Å²) in [6, 6.07) is 0. The summed E-state index contributed by atoms with van der Waals surface area (Å²) < 4.78 is 10.1. The van der Waals surface area contributed by atoms with E-state index < -0.39 is 12.6 Å². The van der Waals surface area contributed by atoms with Gasteiger partial charge in [-0.2, -0.15) is 11.8 Å². The molecule has 0 spiro atoms. The number of hydrogen-bond acceptors (Lipinski definition) is 6. The van der Waals surface area contributed by atoms with E-state index >= 15 is 0 Å². The van der Waals surface area contributed by atoms with Crippen LogP contribution in [0, 0.1) is 0 Å². The minimum absolute atomic E-state index is 0.0123. The second kappa shape index (κ2) is 15.9. The summed E-state index contributed by atoms with van der Waals surface area (Å²) in [5.41, 5.74) is 0. The summed E-state index contributed by atoms with van der Waals surface area (Å²) in [5, 5.41) is 5.38. The molecule has 3 N–H and O–H groups in total. The summed E-state index contributed by atoms with van der Waals surface area (Å²) in [7, 11) is 0. The molecule has 0 aromatic heterocycles. The van der Waals surface area contributed by atoms with Gasteiger partial charge in [-0.25, -0.2) is 4.79 Å². The van der Waals surface area contributed by atoms with E-state index in [-0.39, 0.29) is 12.5 Å². The van der Waals surface area contributed by atoms with Crippen molar-refractivity contribution >= 4 is 42.1 Å². The molecule has 25 heavy (non-hydrogen) atoms. The Morgan fingerprint density at radius 3 is 2.48 bits per heavy atom. The minimum Gasteiger partial charge on any atom is -0.448 e. The lowest BCUT2D eigenvalue weighted by molar-refractivity contribution is -0.121. The zero-order chi connectivity index (χ0) is 19.0. The molecule has 10 heteroatoms. The molecule has 0 saturated carbocycles. The normalized spacial score (nSPS) is 13.1. The van der Waals surface area contributed by atoms with Crippen LogP contribution in [-0.2, 0) is 25.9 Å². The highest BCUT2D eigenvalue weighted by Gasteiger charge is 2.04. The maximum Gasteiger partial charge on any atom is 0.407 e. The van der Waals surface area contributed by atoms with Gasteiger partial charge >= 0.3 is 6.09 Å². The van der Waals surface area contributed by atoms with Crippen LogP contribution in [-0.4, -0.2) is 61.9 Å². The van der Waals surface area contributed by atoms with Crippen LogP contribution in [0.4, 0.5) is 4.79 Å². The predicted molar refractivity (Wildman–Crippen MR) is 107 cm³/mol. The van der Waals surface area contributed by atoms with E-state index in [2.05, 4.69) is 10.6 Å². The van der Waals surface area contributed by atoms with Crippen molar-refractivity contribution < 1.29 is 23.7 Å². The number of thioether (sulfide) groups is 1. The summed E-state index contributed by atoms with van der Waals surface area (Å²) in [6.45, 7) is 0.527. The number of unbranched alkanes of at least 4 members (excludes halogenated alkanes) is 3. The Hall–Kier alpha value is -0.340. The van der Waals surface area contributed by atoms with Gasteiger partial charge in [0.1, 0.15) is 6.61 Å². The van der Waals surface area contributed by atoms with Crippen molar-refractivity contribution in [2.24, 2.45) is 0 Å². The second-order valence-electron chi connectivity index (χ2n) is 5.56. The van der Waals surface area contributed by atoms with Crippen LogP contribution < -0.4 is 10.6 Å². The molecule has 7 nitrogen and oxygen atoms in total. The lowest BCUT2D eigenvalue weighted by atomic mass is 10.2. The van der Waals surface area contributed by atoms with E-state index in [4.69, 9.17) is 21.1 Å². The molecule has 0 bridgehead atoms. The van der Waals surface area contributed by atoms with Crippen molar-refractivity contribution in [2.75, 3.05) is 45.0 Å². The van der Waals surface area contributed by atoms with Crippen LogP contribution in [0.1, 0.15) is 38.5 Å². The molecule has 0 heterocycles. The summed E-state index contributed by atoms with van der Waals surface area (Å²) >= 11 is 6.49. The molecule has 0 fully saturated rings. The maximum atomic E-state index is 11.4. The predicted octanol–water partition coefficient (Wildman–Crippen LogP) is 2.48. The molecule has 0 saturated heterocycles. The van der Waals surface area contributed by atoms with Crippen LogP contribution in [0.5, 0.6) is 0 Å². The van der Waals surface area contributed by atoms with Gasteiger partial charge in [-0.05, 0) is 43.1 Å². The summed E-state index contributed by atoms with van der Waals surface area (Å²) in [6.07, 6.45) is 6.50. The first-order valence-corrected chi connectivity index (χ1v) is 13.0. The Balaban J connectivity index is 3.36. The highest BCUT2D eigenvalue weighted by molar-refractivity contribution is 8.09. The van der Waals surface area contributed by atoms with Crippen LogP contribution in [0.3, 0.4) is 0 Å². The minimum atomic E-state index is -2.53. The molecule has 1 atom stereocenters. The van der Waals surface area contributed by atoms with Gasteiger partial charge in [0, 0.05) is 19.6 Å². The summed E-state index contributed by atoms with van der Waals surface area (Å²) in [4.78, 5) is 32.2. The van der Waals surface area contributed by atoms with Crippen molar-refractivity contribution in [1.29, 1.82) is 0 Å². The number of alkyl carbamates (subject to hydrolysis) is 1. The van der Waals surface area contributed by atoms with Gasteiger partial charge in [-0.15, -0.1) is 0 Å². The first kappa shape index (κ1) is 24.7. The van der Waals surface area contributed by atoms with Gasteiger partial charge < -0.3 is 24.8 Å². The Morgan fingerprint density at radius 2 is 1.80 bits per heavy atom. The van der Waals surface area contributed by atoms with Crippen molar-refractivity contribution in [2.45, 2.75) is 38.5 Å². The number of ether oxygens (including phenoxy) is 1. The average Bonchev–Trinajstić information content (AvgIpc) is 2.53. The molecule has 0 aromatic rings. The number of carbonyl (C=O) groups excluding carboxylic acids is 2. The third-order valence-electron chi connectivity index (χ3n) is 3.08. The monoisotopic (exact) mass is 414 g/mol. The third-order valence-corrected chi connectivity index (χ3v) is 4.76. The lowest BCUT2D eigenvalue weighted by Gasteiger charge is -2.10. The lowest BCUT2D eigenvalue weighted by Crippen LogP contribution is -2.31. The van der Waals surface area contributed by atoms with Crippen LogP contribution >= 0.6 is 18.3 Å². The molecule has 0 radical (unpaired) electrons. The fourth-order valence-electron chi connectivity index (χ4n) is 1.86. The Bertz CT molecular complexity index is 421. The van der Waals surface area contributed by atoms with E-state index in [0.717, 1.165) is 37.9 Å². The number of rotatable bonds is 15. The van der Waals surface area contributed by atoms with E-state index in [1.54, 1.807) is 11.8 Å². The number of carbonyl (C=O) groups is 2. The van der Waals surface area contributed by atoms with Crippen molar-refractivity contribution in [3.8, 4) is 0 Å². The van der Waals surface area contributed by atoms with Crippen LogP contribution in [0.15, 0.2) is 0 Å². The Kier molecular flexibility index (Phi) is 15.7. The van der Waals surface area contributed by atoms with Gasteiger partial charge in [-0.3, -0.25) is 4.79 Å². The molecule has 2 amide bonds. The van der Waals surface area contributed by atoms with E-state index in [0.29, 0.717) is 26.1 Å². The standard InChI is InChI=1S/C15H31N2O5PS2/c1-23(20,24)22-11-6-4-3-5-9-17-15(19)21-12-10-16-14(18)8-7-13-25-2/h3-13H2,1-2H3,(H,16,18)(H,17,19)(H,20,24). The third kappa shape index (κ3) is 19.8. The fourth-order valence-corrected chi connectivity index (χ4v) is 2.98. The molecule has 1 unspecified atom stereocenters. The fraction of sp³-hybridized carbons (Fsp3) is 0.867. The zero-order valence-electron chi connectivity index (χ0n) is 15.1. The van der Waals surface area contributed by atoms with Gasteiger partial charge in [0.25, 0.3) is 0 Å². The largest absolute Gasteiger partial charge is 0.448 e. The molecular formula is C15H31N2O5PS2. The number of hydrogen-bond donors (Lipinski definition) is 3. The molecular weight excluding hydrogens is 383 g/mol. The van der Waals surface area contributed by atoms with Gasteiger partial charge in [0.15, 0.2) is 6.49 Å². The molecule has 0 aromatic carbocycles. The average molecular weight is 415 g/mol. The van der Waals surface area contributed by atoms with E-state index in [1.807, 2.05) is 6.26 Å². The van der Waals surface area contributed by atoms with Gasteiger partial charge in [0.2, 0.25) is 5.91 Å². The van der Waals surface area contributed by atoms with Crippen molar-refractivity contribution in [3.63, 3.8) is 0 Å². The van der Waals surface area contributed by atoms with E-state index in [1.165, 1.54) is 6.66 Å². The first-order chi connectivity index (χ1) is 11.8. The highest BCUT2D eigenvalue weighted by atomic mass is 32.5. The quantitative estimate of drug-likeness (QED) is 0.280. The molecule has 148 valence electrons. The van der Waals surface area contributed by atoms with E-state index in [9.17, 15) is 14.5 Å². The smallest absolute Gasteiger partial charge is 0.407 e. The highest BCUT2D eigenvalue weighted by Crippen LogP contribution is 2.37. The molecule has 0 aliphatic heterocycles. The summed E-state index contributed by atoms with van der Waals surface area (Å²) in [5.74, 6) is 0.955. The SMILES string of the molecule is CSCCCC(=O)NCCOC(=O)NCCCCCCOP(C)(O)=S. The second-order valence-corrected chi connectivity index (χ2v) is 10.4. The molecule has 0 aliphatic carbocycles. The topological polar surface area (TPSA) is 96.9 Å². The number of nitrogens with one attached hydrogen (secondary N) is 2. The van der Waals surface area contributed by atoms with Crippen molar-refractivity contribution in [1.82, 2.24) is 10.6 Å². The van der Waals surface area contributed by atoms with Crippen molar-refractivity contribution in [3.05, 3.63) is 0 Å². The molecule has 0 rings (SSSR count). The Labute approximate surface area is 160 Å². The van der Waals surface area contributed by atoms with Gasteiger partial charge in [0.05, 0.1) is 13.2 Å².